The van der Waals surface area contributed by atoms with E-state index < -0.39 is 0 Å². The Labute approximate surface area is 183 Å². The number of aromatic nitrogens is 2. The minimum atomic E-state index is 0.137. The van der Waals surface area contributed by atoms with Crippen LogP contribution in [0, 0.1) is 11.8 Å². The molecule has 1 amide bonds. The van der Waals surface area contributed by atoms with Gasteiger partial charge in [0.15, 0.2) is 0 Å². The lowest BCUT2D eigenvalue weighted by Crippen LogP contribution is -2.33. The Morgan fingerprint density at radius 1 is 0.968 bits per heavy atom. The molecule has 0 saturated carbocycles. The van der Waals surface area contributed by atoms with Crippen LogP contribution in [0.1, 0.15) is 28.8 Å². The highest BCUT2D eigenvalue weighted by molar-refractivity contribution is 6.01. The van der Waals surface area contributed by atoms with Crippen molar-refractivity contribution in [2.24, 2.45) is 11.8 Å². The first kappa shape index (κ1) is 18.9. The molecule has 31 heavy (non-hydrogen) atoms. The van der Waals surface area contributed by atoms with Gasteiger partial charge in [0, 0.05) is 57.7 Å². The van der Waals surface area contributed by atoms with Gasteiger partial charge in [0.1, 0.15) is 0 Å². The van der Waals surface area contributed by atoms with Gasteiger partial charge >= 0.3 is 0 Å². The lowest BCUT2D eigenvalue weighted by atomic mass is 10.0. The van der Waals surface area contributed by atoms with Crippen LogP contribution < -0.4 is 4.90 Å². The molecule has 0 radical (unpaired) electrons. The monoisotopic (exact) mass is 415 g/mol. The molecule has 2 atom stereocenters. The minimum Gasteiger partial charge on any atom is -0.371 e. The third-order valence-electron chi connectivity index (χ3n) is 7.30. The molecule has 160 valence electrons. The van der Waals surface area contributed by atoms with Gasteiger partial charge in [-0.3, -0.25) is 9.69 Å². The molecule has 3 saturated heterocycles. The van der Waals surface area contributed by atoms with Gasteiger partial charge in [-0.1, -0.05) is 30.3 Å². The van der Waals surface area contributed by atoms with E-state index in [1.165, 1.54) is 24.1 Å². The fraction of sp³-hybridized carbons (Fsp3) is 0.440. The van der Waals surface area contributed by atoms with E-state index in [0.717, 1.165) is 56.9 Å². The SMILES string of the molecule is O=C(c1cnn2ccc(N3CCCC3)cc12)N1CC2CN(Cc3ccccc3)CC2C1. The van der Waals surface area contributed by atoms with E-state index in [1.807, 2.05) is 10.7 Å². The highest BCUT2D eigenvalue weighted by Crippen LogP contribution is 2.33. The number of anilines is 1. The molecular weight excluding hydrogens is 386 g/mol. The molecule has 0 bridgehead atoms. The highest BCUT2D eigenvalue weighted by Gasteiger charge is 2.42. The number of pyridine rings is 1. The molecule has 3 aliphatic rings. The van der Waals surface area contributed by atoms with Gasteiger partial charge in [-0.15, -0.1) is 0 Å². The number of fused-ring (bicyclic) bond motifs is 2. The van der Waals surface area contributed by atoms with Gasteiger partial charge in [0.2, 0.25) is 0 Å². The van der Waals surface area contributed by atoms with E-state index in [9.17, 15) is 4.79 Å². The molecule has 1 aromatic carbocycles. The Bertz CT molecular complexity index is 1070. The van der Waals surface area contributed by atoms with Crippen LogP contribution in [0.25, 0.3) is 5.52 Å². The zero-order chi connectivity index (χ0) is 20.8. The third kappa shape index (κ3) is 3.49. The number of rotatable bonds is 4. The summed E-state index contributed by atoms with van der Waals surface area (Å²) in [5, 5.41) is 4.45. The molecule has 6 rings (SSSR count). The number of carbonyl (C=O) groups is 1. The van der Waals surface area contributed by atoms with Crippen LogP contribution in [0.4, 0.5) is 5.69 Å². The van der Waals surface area contributed by atoms with Gasteiger partial charge in [0.25, 0.3) is 5.91 Å². The van der Waals surface area contributed by atoms with Gasteiger partial charge in [-0.05, 0) is 42.4 Å². The van der Waals surface area contributed by atoms with E-state index in [4.69, 9.17) is 0 Å². The molecule has 6 nitrogen and oxygen atoms in total. The van der Waals surface area contributed by atoms with Crippen LogP contribution in [-0.2, 0) is 6.54 Å². The van der Waals surface area contributed by atoms with Crippen molar-refractivity contribution in [3.05, 3.63) is 66.0 Å². The largest absolute Gasteiger partial charge is 0.371 e. The number of likely N-dealkylation sites (tertiary alicyclic amines) is 2. The normalized spacial score (nSPS) is 23.7. The Balaban J connectivity index is 1.15. The van der Waals surface area contributed by atoms with E-state index in [0.29, 0.717) is 11.8 Å². The zero-order valence-electron chi connectivity index (χ0n) is 17.9. The molecule has 3 aliphatic heterocycles. The summed E-state index contributed by atoms with van der Waals surface area (Å²) >= 11 is 0. The molecule has 0 N–H and O–H groups in total. The van der Waals surface area contributed by atoms with Crippen LogP contribution >= 0.6 is 0 Å². The number of benzene rings is 1. The van der Waals surface area contributed by atoms with Crippen molar-refractivity contribution in [3.8, 4) is 0 Å². The molecule has 3 aromatic rings. The van der Waals surface area contributed by atoms with E-state index in [2.05, 4.69) is 62.3 Å². The molecule has 2 aromatic heterocycles. The summed E-state index contributed by atoms with van der Waals surface area (Å²) in [6.45, 7) is 7.09. The van der Waals surface area contributed by atoms with E-state index in [-0.39, 0.29) is 5.91 Å². The van der Waals surface area contributed by atoms with Crippen molar-refractivity contribution >= 4 is 17.1 Å². The summed E-state index contributed by atoms with van der Waals surface area (Å²) in [7, 11) is 0. The smallest absolute Gasteiger partial charge is 0.257 e. The van der Waals surface area contributed by atoms with Gasteiger partial charge in [-0.2, -0.15) is 5.10 Å². The molecule has 5 heterocycles. The Kier molecular flexibility index (Phi) is 4.68. The summed E-state index contributed by atoms with van der Waals surface area (Å²) in [5.74, 6) is 1.29. The van der Waals surface area contributed by atoms with Gasteiger partial charge in [0.05, 0.1) is 17.3 Å². The Morgan fingerprint density at radius 2 is 1.71 bits per heavy atom. The van der Waals surface area contributed by atoms with Crippen LogP contribution in [0.3, 0.4) is 0 Å². The lowest BCUT2D eigenvalue weighted by molar-refractivity contribution is 0.0775. The number of nitrogens with zero attached hydrogens (tertiary/aromatic N) is 5. The van der Waals surface area contributed by atoms with Gasteiger partial charge < -0.3 is 9.80 Å². The van der Waals surface area contributed by atoms with Crippen LogP contribution in [0.15, 0.2) is 54.9 Å². The summed E-state index contributed by atoms with van der Waals surface area (Å²) in [4.78, 5) is 20.4. The fourth-order valence-corrected chi connectivity index (χ4v) is 5.70. The van der Waals surface area contributed by atoms with Crippen molar-refractivity contribution < 1.29 is 4.79 Å². The predicted molar refractivity (Wildman–Crippen MR) is 121 cm³/mol. The van der Waals surface area contributed by atoms with E-state index in [1.54, 1.807) is 6.20 Å². The van der Waals surface area contributed by atoms with Crippen LogP contribution in [-0.4, -0.2) is 64.6 Å². The fourth-order valence-electron chi connectivity index (χ4n) is 5.70. The quantitative estimate of drug-likeness (QED) is 0.657. The molecule has 0 spiro atoms. The lowest BCUT2D eigenvalue weighted by Gasteiger charge is -2.22. The van der Waals surface area contributed by atoms with Crippen molar-refractivity contribution in [2.75, 3.05) is 44.2 Å². The van der Waals surface area contributed by atoms with Crippen molar-refractivity contribution in [2.45, 2.75) is 19.4 Å². The Morgan fingerprint density at radius 3 is 2.45 bits per heavy atom. The second kappa shape index (κ2) is 7.68. The molecule has 6 heteroatoms. The first-order valence-electron chi connectivity index (χ1n) is 11.5. The number of hydrogen-bond donors (Lipinski definition) is 0. The third-order valence-corrected chi connectivity index (χ3v) is 7.30. The maximum atomic E-state index is 13.4. The maximum Gasteiger partial charge on any atom is 0.257 e. The molecule has 2 unspecified atom stereocenters. The minimum absolute atomic E-state index is 0.137. The first-order chi connectivity index (χ1) is 15.2. The standard InChI is InChI=1S/C25H29N5O/c31-25(23-13-26-30-11-8-22(12-24(23)30)28-9-4-5-10-28)29-17-20-15-27(16-21(20)18-29)14-19-6-2-1-3-7-19/h1-3,6-8,11-13,20-21H,4-5,9-10,14-18H2. The van der Waals surface area contributed by atoms with Crippen molar-refractivity contribution in [3.63, 3.8) is 0 Å². The number of carbonyl (C=O) groups excluding carboxylic acids is 1. The summed E-state index contributed by atoms with van der Waals surface area (Å²) in [6, 6.07) is 14.9. The predicted octanol–water partition coefficient (Wildman–Crippen LogP) is 3.14. The van der Waals surface area contributed by atoms with E-state index >= 15 is 0 Å². The summed E-state index contributed by atoms with van der Waals surface area (Å²) in [5.41, 5.74) is 4.24. The highest BCUT2D eigenvalue weighted by atomic mass is 16.2. The Hall–Kier alpha value is -2.86. The van der Waals surface area contributed by atoms with Gasteiger partial charge in [-0.25, -0.2) is 4.52 Å². The summed E-state index contributed by atoms with van der Waals surface area (Å²) < 4.78 is 1.84. The maximum absolute atomic E-state index is 13.4. The van der Waals surface area contributed by atoms with Crippen LogP contribution in [0.2, 0.25) is 0 Å². The molecule has 3 fully saturated rings. The summed E-state index contributed by atoms with van der Waals surface area (Å²) in [6.07, 6.45) is 6.23. The molecule has 0 aliphatic carbocycles. The second-order valence-corrected chi connectivity index (χ2v) is 9.38. The van der Waals surface area contributed by atoms with Crippen LogP contribution in [0.5, 0.6) is 0 Å². The average molecular weight is 416 g/mol. The second-order valence-electron chi connectivity index (χ2n) is 9.38. The van der Waals surface area contributed by atoms with Crippen molar-refractivity contribution in [1.82, 2.24) is 19.4 Å². The zero-order valence-corrected chi connectivity index (χ0v) is 17.9. The number of amides is 1. The average Bonchev–Trinajstić information content (AvgIpc) is 3.56. The first-order valence-corrected chi connectivity index (χ1v) is 11.5. The molecular formula is C25H29N5O. The topological polar surface area (TPSA) is 44.1 Å². The number of hydrogen-bond acceptors (Lipinski definition) is 4. The van der Waals surface area contributed by atoms with Crippen molar-refractivity contribution in [1.29, 1.82) is 0 Å².